The van der Waals surface area contributed by atoms with E-state index in [1.807, 2.05) is 38.1 Å². The lowest BCUT2D eigenvalue weighted by molar-refractivity contribution is -0.172. The Balaban J connectivity index is 2.85. The molecule has 0 aliphatic heterocycles. The van der Waals surface area contributed by atoms with Crippen LogP contribution in [0.1, 0.15) is 13.8 Å². The second kappa shape index (κ2) is 5.72. The van der Waals surface area contributed by atoms with Crippen LogP contribution >= 0.6 is 0 Å². The molecule has 0 saturated heterocycles. The first-order valence-corrected chi connectivity index (χ1v) is 5.27. The molecule has 0 radical (unpaired) electrons. The SMILES string of the molecule is CCNC(C)(OC)Oc1ccccc1OC. The van der Waals surface area contributed by atoms with Crippen LogP contribution in [0.3, 0.4) is 0 Å². The van der Waals surface area contributed by atoms with Crippen LogP contribution in [0, 0.1) is 0 Å². The standard InChI is InChI=1S/C12H19NO3/c1-5-13-12(2,15-4)16-11-9-7-6-8-10(11)14-3/h6-9,13H,5H2,1-4H3. The molecule has 1 aromatic carbocycles. The Labute approximate surface area is 96.5 Å². The second-order valence-electron chi connectivity index (χ2n) is 3.43. The molecule has 0 saturated carbocycles. The van der Waals surface area contributed by atoms with Gasteiger partial charge in [0.15, 0.2) is 11.5 Å². The van der Waals surface area contributed by atoms with Gasteiger partial charge in [-0.05, 0) is 18.7 Å². The molecule has 0 bridgehead atoms. The highest BCUT2D eigenvalue weighted by Gasteiger charge is 2.25. The molecule has 0 aliphatic rings. The van der Waals surface area contributed by atoms with Crippen LogP contribution in [0.15, 0.2) is 24.3 Å². The Morgan fingerprint density at radius 2 is 1.81 bits per heavy atom. The maximum atomic E-state index is 5.76. The van der Waals surface area contributed by atoms with E-state index in [1.165, 1.54) is 0 Å². The first-order valence-electron chi connectivity index (χ1n) is 5.27. The van der Waals surface area contributed by atoms with Gasteiger partial charge >= 0.3 is 0 Å². The summed E-state index contributed by atoms with van der Waals surface area (Å²) in [6.07, 6.45) is 0. The minimum atomic E-state index is -0.844. The molecule has 16 heavy (non-hydrogen) atoms. The maximum Gasteiger partial charge on any atom is 0.267 e. The van der Waals surface area contributed by atoms with E-state index in [0.29, 0.717) is 11.5 Å². The van der Waals surface area contributed by atoms with Crippen LogP contribution in [-0.2, 0) is 4.74 Å². The molecule has 0 amide bonds. The summed E-state index contributed by atoms with van der Waals surface area (Å²) in [5, 5.41) is 3.11. The summed E-state index contributed by atoms with van der Waals surface area (Å²) in [4.78, 5) is 0. The van der Waals surface area contributed by atoms with Gasteiger partial charge in [-0.2, -0.15) is 0 Å². The highest BCUT2D eigenvalue weighted by Crippen LogP contribution is 2.28. The third-order valence-electron chi connectivity index (χ3n) is 2.26. The molecular weight excluding hydrogens is 206 g/mol. The molecule has 1 atom stereocenters. The first-order chi connectivity index (χ1) is 7.65. The zero-order chi connectivity index (χ0) is 12.0. The summed E-state index contributed by atoms with van der Waals surface area (Å²) in [6.45, 7) is 4.56. The quantitative estimate of drug-likeness (QED) is 0.752. The third kappa shape index (κ3) is 3.12. The average molecular weight is 225 g/mol. The summed E-state index contributed by atoms with van der Waals surface area (Å²) < 4.78 is 16.3. The zero-order valence-electron chi connectivity index (χ0n) is 10.2. The lowest BCUT2D eigenvalue weighted by Crippen LogP contribution is -2.49. The number of rotatable bonds is 6. The van der Waals surface area contributed by atoms with Crippen LogP contribution in [0.5, 0.6) is 11.5 Å². The molecule has 4 nitrogen and oxygen atoms in total. The molecule has 0 fully saturated rings. The van der Waals surface area contributed by atoms with Crippen molar-refractivity contribution in [1.29, 1.82) is 0 Å². The van der Waals surface area contributed by atoms with Crippen molar-refractivity contribution in [2.45, 2.75) is 19.8 Å². The summed E-state index contributed by atoms with van der Waals surface area (Å²) in [5.41, 5.74) is 0. The van der Waals surface area contributed by atoms with Crippen LogP contribution in [0.25, 0.3) is 0 Å². The van der Waals surface area contributed by atoms with Crippen LogP contribution < -0.4 is 14.8 Å². The first kappa shape index (κ1) is 12.8. The number of methoxy groups -OCH3 is 2. The van der Waals surface area contributed by atoms with E-state index in [2.05, 4.69) is 5.32 Å². The van der Waals surface area contributed by atoms with Crippen LogP contribution in [-0.4, -0.2) is 26.7 Å². The molecule has 1 aromatic rings. The molecule has 1 rings (SSSR count). The average Bonchev–Trinajstić information content (AvgIpc) is 2.30. The topological polar surface area (TPSA) is 39.7 Å². The molecule has 1 N–H and O–H groups in total. The smallest absolute Gasteiger partial charge is 0.267 e. The number of nitrogens with one attached hydrogen (secondary N) is 1. The Kier molecular flexibility index (Phi) is 4.58. The number of hydrogen-bond acceptors (Lipinski definition) is 4. The molecule has 4 heteroatoms. The van der Waals surface area contributed by atoms with E-state index < -0.39 is 5.91 Å². The summed E-state index contributed by atoms with van der Waals surface area (Å²) in [5.74, 6) is 0.489. The van der Waals surface area contributed by atoms with Gasteiger partial charge < -0.3 is 14.2 Å². The van der Waals surface area contributed by atoms with Crippen molar-refractivity contribution in [3.8, 4) is 11.5 Å². The Morgan fingerprint density at radius 3 is 2.31 bits per heavy atom. The summed E-state index contributed by atoms with van der Waals surface area (Å²) in [6, 6.07) is 7.47. The molecule has 0 spiro atoms. The fourth-order valence-corrected chi connectivity index (χ4v) is 1.38. The summed E-state index contributed by atoms with van der Waals surface area (Å²) in [7, 11) is 3.21. The second-order valence-corrected chi connectivity index (χ2v) is 3.43. The van der Waals surface area contributed by atoms with Crippen LogP contribution in [0.4, 0.5) is 0 Å². The van der Waals surface area contributed by atoms with Gasteiger partial charge in [-0.15, -0.1) is 0 Å². The highest BCUT2D eigenvalue weighted by atomic mass is 16.7. The van der Waals surface area contributed by atoms with Crippen molar-refractivity contribution in [1.82, 2.24) is 5.32 Å². The molecular formula is C12H19NO3. The summed E-state index contributed by atoms with van der Waals surface area (Å²) >= 11 is 0. The van der Waals surface area contributed by atoms with Crippen molar-refractivity contribution in [3.05, 3.63) is 24.3 Å². The molecule has 0 heterocycles. The minimum absolute atomic E-state index is 0.648. The van der Waals surface area contributed by atoms with Crippen molar-refractivity contribution in [2.24, 2.45) is 0 Å². The van der Waals surface area contributed by atoms with E-state index >= 15 is 0 Å². The van der Waals surface area contributed by atoms with Crippen molar-refractivity contribution < 1.29 is 14.2 Å². The van der Waals surface area contributed by atoms with Gasteiger partial charge in [-0.1, -0.05) is 19.1 Å². The van der Waals surface area contributed by atoms with E-state index in [4.69, 9.17) is 14.2 Å². The van der Waals surface area contributed by atoms with E-state index in [9.17, 15) is 0 Å². The molecule has 90 valence electrons. The number of para-hydroxylation sites is 2. The fraction of sp³-hybridized carbons (Fsp3) is 0.500. The molecule has 1 unspecified atom stereocenters. The normalized spacial score (nSPS) is 14.2. The van der Waals surface area contributed by atoms with Crippen molar-refractivity contribution >= 4 is 0 Å². The Bertz CT molecular complexity index is 330. The van der Waals surface area contributed by atoms with Crippen LogP contribution in [0.2, 0.25) is 0 Å². The lowest BCUT2D eigenvalue weighted by atomic mass is 10.3. The van der Waals surface area contributed by atoms with Gasteiger partial charge in [0.2, 0.25) is 0 Å². The zero-order valence-corrected chi connectivity index (χ0v) is 10.2. The lowest BCUT2D eigenvalue weighted by Gasteiger charge is -2.29. The minimum Gasteiger partial charge on any atom is -0.493 e. The highest BCUT2D eigenvalue weighted by molar-refractivity contribution is 5.39. The van der Waals surface area contributed by atoms with E-state index in [-0.39, 0.29) is 0 Å². The maximum absolute atomic E-state index is 5.76. The van der Waals surface area contributed by atoms with Gasteiger partial charge in [-0.3, -0.25) is 5.32 Å². The Hall–Kier alpha value is -1.26. The predicted molar refractivity (Wildman–Crippen MR) is 62.7 cm³/mol. The monoisotopic (exact) mass is 225 g/mol. The van der Waals surface area contributed by atoms with E-state index in [0.717, 1.165) is 6.54 Å². The molecule has 0 aromatic heterocycles. The molecule has 0 aliphatic carbocycles. The van der Waals surface area contributed by atoms with E-state index in [1.54, 1.807) is 14.2 Å². The third-order valence-corrected chi connectivity index (χ3v) is 2.26. The van der Waals surface area contributed by atoms with Gasteiger partial charge in [0.05, 0.1) is 7.11 Å². The number of hydrogen-bond donors (Lipinski definition) is 1. The van der Waals surface area contributed by atoms with Crippen molar-refractivity contribution in [3.63, 3.8) is 0 Å². The van der Waals surface area contributed by atoms with Gasteiger partial charge in [0.25, 0.3) is 5.91 Å². The fourth-order valence-electron chi connectivity index (χ4n) is 1.38. The predicted octanol–water partition coefficient (Wildman–Crippen LogP) is 2.00. The van der Waals surface area contributed by atoms with Gasteiger partial charge in [0.1, 0.15) is 0 Å². The largest absolute Gasteiger partial charge is 0.493 e. The van der Waals surface area contributed by atoms with Gasteiger partial charge in [-0.25, -0.2) is 0 Å². The van der Waals surface area contributed by atoms with Crippen molar-refractivity contribution in [2.75, 3.05) is 20.8 Å². The number of ether oxygens (including phenoxy) is 3. The Morgan fingerprint density at radius 1 is 1.19 bits per heavy atom. The number of benzene rings is 1. The van der Waals surface area contributed by atoms with Gasteiger partial charge in [0, 0.05) is 14.0 Å².